The van der Waals surface area contributed by atoms with Gasteiger partial charge in [-0.3, -0.25) is 9.59 Å². The SMILES string of the molecule is O=C(NCc1cc(F)cc(Cl)c1)[C@H]1CCN(CCc2ccccc2)C1=O. The maximum Gasteiger partial charge on any atom is 0.235 e. The van der Waals surface area contributed by atoms with Crippen molar-refractivity contribution in [2.24, 2.45) is 5.92 Å². The molecule has 4 nitrogen and oxygen atoms in total. The van der Waals surface area contributed by atoms with Gasteiger partial charge in [0.15, 0.2) is 0 Å². The molecule has 0 unspecified atom stereocenters. The van der Waals surface area contributed by atoms with Crippen molar-refractivity contribution in [2.75, 3.05) is 13.1 Å². The number of halogens is 2. The van der Waals surface area contributed by atoms with E-state index in [4.69, 9.17) is 11.6 Å². The zero-order chi connectivity index (χ0) is 18.5. The van der Waals surface area contributed by atoms with Gasteiger partial charge in [-0.15, -0.1) is 0 Å². The fourth-order valence-corrected chi connectivity index (χ4v) is 3.38. The van der Waals surface area contributed by atoms with E-state index in [0.29, 0.717) is 25.1 Å². The molecule has 6 heteroatoms. The van der Waals surface area contributed by atoms with Crippen molar-refractivity contribution >= 4 is 23.4 Å². The molecule has 0 bridgehead atoms. The van der Waals surface area contributed by atoms with E-state index in [-0.39, 0.29) is 23.4 Å². The monoisotopic (exact) mass is 374 g/mol. The number of rotatable bonds is 6. The average Bonchev–Trinajstić information content (AvgIpc) is 2.99. The Hall–Kier alpha value is -2.40. The normalized spacial score (nSPS) is 16.8. The highest BCUT2D eigenvalue weighted by Crippen LogP contribution is 2.19. The van der Waals surface area contributed by atoms with Gasteiger partial charge in [-0.2, -0.15) is 0 Å². The highest BCUT2D eigenvalue weighted by atomic mass is 35.5. The van der Waals surface area contributed by atoms with Crippen molar-refractivity contribution in [1.82, 2.24) is 10.2 Å². The summed E-state index contributed by atoms with van der Waals surface area (Å²) in [5.74, 6) is -1.59. The third kappa shape index (κ3) is 4.61. The average molecular weight is 375 g/mol. The molecular formula is C20H20ClFN2O2. The molecule has 136 valence electrons. The first-order valence-electron chi connectivity index (χ1n) is 8.58. The molecule has 0 aliphatic carbocycles. The fourth-order valence-electron chi connectivity index (χ4n) is 3.14. The van der Waals surface area contributed by atoms with Crippen LogP contribution >= 0.6 is 11.6 Å². The number of amides is 2. The van der Waals surface area contributed by atoms with Crippen molar-refractivity contribution in [3.63, 3.8) is 0 Å². The summed E-state index contributed by atoms with van der Waals surface area (Å²) >= 11 is 5.81. The molecule has 1 saturated heterocycles. The first-order valence-corrected chi connectivity index (χ1v) is 8.96. The van der Waals surface area contributed by atoms with E-state index in [2.05, 4.69) is 5.32 Å². The topological polar surface area (TPSA) is 49.4 Å². The van der Waals surface area contributed by atoms with Crippen molar-refractivity contribution in [1.29, 1.82) is 0 Å². The summed E-state index contributed by atoms with van der Waals surface area (Å²) in [7, 11) is 0. The Labute approximate surface area is 157 Å². The van der Waals surface area contributed by atoms with Crippen LogP contribution in [0.15, 0.2) is 48.5 Å². The zero-order valence-electron chi connectivity index (χ0n) is 14.3. The van der Waals surface area contributed by atoms with Gasteiger partial charge in [0.1, 0.15) is 11.7 Å². The molecule has 0 saturated carbocycles. The summed E-state index contributed by atoms with van der Waals surface area (Å²) in [6.45, 7) is 1.33. The third-order valence-corrected chi connectivity index (χ3v) is 4.73. The summed E-state index contributed by atoms with van der Waals surface area (Å²) in [5, 5.41) is 2.98. The van der Waals surface area contributed by atoms with Crippen LogP contribution in [0, 0.1) is 11.7 Å². The van der Waals surface area contributed by atoms with Crippen molar-refractivity contribution in [3.8, 4) is 0 Å². The molecule has 0 spiro atoms. The summed E-state index contributed by atoms with van der Waals surface area (Å²) in [6.07, 6.45) is 1.27. The van der Waals surface area contributed by atoms with Gasteiger partial charge in [0.25, 0.3) is 0 Å². The summed E-state index contributed by atoms with van der Waals surface area (Å²) in [6, 6.07) is 14.0. The summed E-state index contributed by atoms with van der Waals surface area (Å²) < 4.78 is 13.3. The van der Waals surface area contributed by atoms with Crippen LogP contribution < -0.4 is 5.32 Å². The predicted molar refractivity (Wildman–Crippen MR) is 98.1 cm³/mol. The smallest absolute Gasteiger partial charge is 0.235 e. The van der Waals surface area contributed by atoms with Crippen molar-refractivity contribution in [2.45, 2.75) is 19.4 Å². The molecule has 0 aromatic heterocycles. The van der Waals surface area contributed by atoms with E-state index in [9.17, 15) is 14.0 Å². The van der Waals surface area contributed by atoms with Gasteiger partial charge in [0.05, 0.1) is 0 Å². The van der Waals surface area contributed by atoms with Crippen LogP contribution in [-0.4, -0.2) is 29.8 Å². The fraction of sp³-hybridized carbons (Fsp3) is 0.300. The Morgan fingerprint density at radius 1 is 1.19 bits per heavy atom. The minimum Gasteiger partial charge on any atom is -0.351 e. The molecule has 26 heavy (non-hydrogen) atoms. The van der Waals surface area contributed by atoms with Crippen LogP contribution in [0.25, 0.3) is 0 Å². The van der Waals surface area contributed by atoms with Gasteiger partial charge in [-0.1, -0.05) is 41.9 Å². The first-order chi connectivity index (χ1) is 12.5. The molecule has 2 aromatic carbocycles. The maximum absolute atomic E-state index is 13.3. The molecule has 1 fully saturated rings. The lowest BCUT2D eigenvalue weighted by Gasteiger charge is -2.16. The minimum atomic E-state index is -0.671. The van der Waals surface area contributed by atoms with Gasteiger partial charge >= 0.3 is 0 Å². The summed E-state index contributed by atoms with van der Waals surface area (Å²) in [5.41, 5.74) is 1.73. The molecular weight excluding hydrogens is 355 g/mol. The highest BCUT2D eigenvalue weighted by molar-refractivity contribution is 6.30. The molecule has 0 radical (unpaired) electrons. The van der Waals surface area contributed by atoms with E-state index < -0.39 is 11.7 Å². The van der Waals surface area contributed by atoms with E-state index >= 15 is 0 Å². The Bertz CT molecular complexity index is 777. The summed E-state index contributed by atoms with van der Waals surface area (Å²) in [4.78, 5) is 26.5. The number of carbonyl (C=O) groups is 2. The van der Waals surface area contributed by atoms with Gasteiger partial charge in [0.2, 0.25) is 11.8 Å². The maximum atomic E-state index is 13.3. The lowest BCUT2D eigenvalue weighted by molar-refractivity contribution is -0.137. The quantitative estimate of drug-likeness (QED) is 0.789. The largest absolute Gasteiger partial charge is 0.351 e. The second-order valence-corrected chi connectivity index (χ2v) is 6.83. The van der Waals surface area contributed by atoms with E-state index in [1.807, 2.05) is 30.3 Å². The van der Waals surface area contributed by atoms with Gasteiger partial charge in [0, 0.05) is 24.7 Å². The van der Waals surface area contributed by atoms with Crippen LogP contribution in [0.4, 0.5) is 4.39 Å². The molecule has 2 amide bonds. The van der Waals surface area contributed by atoms with Crippen LogP contribution in [-0.2, 0) is 22.6 Å². The van der Waals surface area contributed by atoms with Crippen molar-refractivity contribution in [3.05, 3.63) is 70.5 Å². The number of nitrogens with one attached hydrogen (secondary N) is 1. The Balaban J connectivity index is 1.51. The molecule has 1 N–H and O–H groups in total. The lowest BCUT2D eigenvalue weighted by Crippen LogP contribution is -2.37. The molecule has 3 rings (SSSR count). The lowest BCUT2D eigenvalue weighted by atomic mass is 10.1. The van der Waals surface area contributed by atoms with Crippen LogP contribution in [0.2, 0.25) is 5.02 Å². The number of benzene rings is 2. The standard InChI is InChI=1S/C20H20ClFN2O2/c21-16-10-15(11-17(22)12-16)13-23-19(25)18-7-9-24(20(18)26)8-6-14-4-2-1-3-5-14/h1-5,10-12,18H,6-9,13H2,(H,23,25)/t18-/m1/s1. The Morgan fingerprint density at radius 2 is 1.96 bits per heavy atom. The van der Waals surface area contributed by atoms with Gasteiger partial charge in [-0.05, 0) is 42.2 Å². The number of hydrogen-bond donors (Lipinski definition) is 1. The second kappa shape index (κ2) is 8.32. The van der Waals surface area contributed by atoms with E-state index in [1.165, 1.54) is 12.1 Å². The van der Waals surface area contributed by atoms with Gasteiger partial charge in [-0.25, -0.2) is 4.39 Å². The van der Waals surface area contributed by atoms with Crippen molar-refractivity contribution < 1.29 is 14.0 Å². The first kappa shape index (κ1) is 18.4. The molecule has 2 aromatic rings. The zero-order valence-corrected chi connectivity index (χ0v) is 15.0. The number of nitrogens with zero attached hydrogens (tertiary/aromatic N) is 1. The molecule has 1 aliphatic rings. The molecule has 1 heterocycles. The van der Waals surface area contributed by atoms with E-state index in [1.54, 1.807) is 11.0 Å². The number of likely N-dealkylation sites (tertiary alicyclic amines) is 1. The van der Waals surface area contributed by atoms with Crippen LogP contribution in [0.3, 0.4) is 0 Å². The third-order valence-electron chi connectivity index (χ3n) is 4.52. The predicted octanol–water partition coefficient (Wildman–Crippen LogP) is 3.19. The second-order valence-electron chi connectivity index (χ2n) is 6.40. The minimum absolute atomic E-state index is 0.143. The molecule has 1 atom stereocenters. The van der Waals surface area contributed by atoms with Crippen LogP contribution in [0.5, 0.6) is 0 Å². The number of carbonyl (C=O) groups excluding carboxylic acids is 2. The molecule has 1 aliphatic heterocycles. The number of hydrogen-bond acceptors (Lipinski definition) is 2. The van der Waals surface area contributed by atoms with E-state index in [0.717, 1.165) is 12.0 Å². The highest BCUT2D eigenvalue weighted by Gasteiger charge is 2.36. The van der Waals surface area contributed by atoms with Gasteiger partial charge < -0.3 is 10.2 Å². The Morgan fingerprint density at radius 3 is 2.69 bits per heavy atom. The van der Waals surface area contributed by atoms with Crippen LogP contribution in [0.1, 0.15) is 17.5 Å². The Kier molecular flexibility index (Phi) is 5.89.